The fourth-order valence-electron chi connectivity index (χ4n) is 1.87. The van der Waals surface area contributed by atoms with Crippen LogP contribution in [-0.4, -0.2) is 41.7 Å². The molecule has 0 amide bonds. The van der Waals surface area contributed by atoms with Crippen molar-refractivity contribution in [3.05, 3.63) is 39.4 Å². The molecule has 0 heterocycles. The number of aliphatic hydroxyl groups is 2. The van der Waals surface area contributed by atoms with Gasteiger partial charge in [-0.25, -0.2) is 13.6 Å². The summed E-state index contributed by atoms with van der Waals surface area (Å²) in [7, 11) is 0. The normalized spacial score (nSPS) is 13.9. The van der Waals surface area contributed by atoms with Gasteiger partial charge in [0.1, 0.15) is 23.0 Å². The van der Waals surface area contributed by atoms with E-state index in [0.717, 1.165) is 12.3 Å². The van der Waals surface area contributed by atoms with Crippen LogP contribution < -0.4 is 0 Å². The highest BCUT2D eigenvalue weighted by molar-refractivity contribution is 9.10. The third kappa shape index (κ3) is 5.61. The minimum Gasteiger partial charge on any atom is -0.506 e. The van der Waals surface area contributed by atoms with Crippen LogP contribution in [0.2, 0.25) is 0 Å². The lowest BCUT2D eigenvalue weighted by atomic mass is 10.1. The van der Waals surface area contributed by atoms with Crippen molar-refractivity contribution in [3.8, 4) is 0 Å². The number of nitrogens with zero attached hydrogens (tertiary/aromatic N) is 1. The summed E-state index contributed by atoms with van der Waals surface area (Å²) in [5, 5.41) is 19.6. The van der Waals surface area contributed by atoms with Gasteiger partial charge in [-0.3, -0.25) is 4.99 Å². The molecule has 25 heavy (non-hydrogen) atoms. The van der Waals surface area contributed by atoms with E-state index in [0.29, 0.717) is 6.07 Å². The zero-order valence-corrected chi connectivity index (χ0v) is 15.7. The Hall–Kier alpha value is -1.80. The van der Waals surface area contributed by atoms with E-state index >= 15 is 0 Å². The topological polar surface area (TPSA) is 79.1 Å². The highest BCUT2D eigenvalue weighted by Gasteiger charge is 2.21. The van der Waals surface area contributed by atoms with E-state index in [-0.39, 0.29) is 29.2 Å². The van der Waals surface area contributed by atoms with Crippen molar-refractivity contribution < 1.29 is 28.5 Å². The molecule has 0 aromatic heterocycles. The molecule has 5 nitrogen and oxygen atoms in total. The molecule has 0 radical (unpaired) electrons. The van der Waals surface area contributed by atoms with Gasteiger partial charge in [0.2, 0.25) is 0 Å². The van der Waals surface area contributed by atoms with Crippen molar-refractivity contribution in [1.29, 1.82) is 0 Å². The summed E-state index contributed by atoms with van der Waals surface area (Å²) in [5.41, 5.74) is -0.772. The molecular weight excluding hydrogens is 400 g/mol. The summed E-state index contributed by atoms with van der Waals surface area (Å²) in [6.45, 7) is 4.99. The summed E-state index contributed by atoms with van der Waals surface area (Å²) >= 11 is 2.90. The SMILES string of the molecule is CCOC(=O)C(C=NC(CO)C(C)C)=C(O)c1cc(Br)c(F)cc1F. The quantitative estimate of drug-likeness (QED) is 0.232. The number of ether oxygens (including phenoxy) is 1. The Morgan fingerprint density at radius 1 is 1.36 bits per heavy atom. The highest BCUT2D eigenvalue weighted by atomic mass is 79.9. The van der Waals surface area contributed by atoms with Gasteiger partial charge in [-0.05, 0) is 34.8 Å². The minimum absolute atomic E-state index is 0.0245. The zero-order valence-electron chi connectivity index (χ0n) is 14.1. The monoisotopic (exact) mass is 419 g/mol. The molecular formula is C17H20BrF2NO4. The Morgan fingerprint density at radius 2 is 2.00 bits per heavy atom. The Kier molecular flexibility index (Phi) is 8.18. The van der Waals surface area contributed by atoms with Crippen LogP contribution in [0.25, 0.3) is 5.76 Å². The van der Waals surface area contributed by atoms with Gasteiger partial charge in [0.15, 0.2) is 0 Å². The van der Waals surface area contributed by atoms with Gasteiger partial charge in [-0.15, -0.1) is 0 Å². The molecule has 0 saturated heterocycles. The molecule has 0 aliphatic carbocycles. The van der Waals surface area contributed by atoms with E-state index in [2.05, 4.69) is 20.9 Å². The van der Waals surface area contributed by atoms with E-state index in [4.69, 9.17) is 4.74 Å². The summed E-state index contributed by atoms with van der Waals surface area (Å²) in [6.07, 6.45) is 1.03. The molecule has 0 saturated carbocycles. The molecule has 0 aliphatic heterocycles. The number of aliphatic imine (C=N–C) groups is 1. The second-order valence-electron chi connectivity index (χ2n) is 5.50. The predicted octanol–water partition coefficient (Wildman–Crippen LogP) is 3.65. The van der Waals surface area contributed by atoms with Crippen molar-refractivity contribution in [2.75, 3.05) is 13.2 Å². The van der Waals surface area contributed by atoms with Crippen LogP contribution in [0.4, 0.5) is 8.78 Å². The third-order valence-electron chi connectivity index (χ3n) is 3.37. The summed E-state index contributed by atoms with van der Waals surface area (Å²) in [4.78, 5) is 16.1. The van der Waals surface area contributed by atoms with Gasteiger partial charge in [0, 0.05) is 12.3 Å². The molecule has 0 bridgehead atoms. The second kappa shape index (κ2) is 9.62. The van der Waals surface area contributed by atoms with E-state index in [1.807, 2.05) is 13.8 Å². The van der Waals surface area contributed by atoms with Crippen molar-refractivity contribution in [1.82, 2.24) is 0 Å². The van der Waals surface area contributed by atoms with Crippen LogP contribution in [0, 0.1) is 17.6 Å². The van der Waals surface area contributed by atoms with Crippen LogP contribution in [0.3, 0.4) is 0 Å². The van der Waals surface area contributed by atoms with Crippen molar-refractivity contribution >= 4 is 33.9 Å². The molecule has 0 fully saturated rings. The number of carbonyl (C=O) groups excluding carboxylic acids is 1. The first kappa shape index (κ1) is 21.2. The van der Waals surface area contributed by atoms with Gasteiger partial charge in [0.05, 0.1) is 29.3 Å². The number of aliphatic hydroxyl groups excluding tert-OH is 2. The molecule has 1 aromatic carbocycles. The second-order valence-corrected chi connectivity index (χ2v) is 6.36. The molecule has 1 rings (SSSR count). The number of hydrogen-bond acceptors (Lipinski definition) is 5. The van der Waals surface area contributed by atoms with Crippen LogP contribution in [0.5, 0.6) is 0 Å². The van der Waals surface area contributed by atoms with Gasteiger partial charge in [-0.1, -0.05) is 13.8 Å². The molecule has 1 unspecified atom stereocenters. The zero-order chi connectivity index (χ0) is 19.1. The summed E-state index contributed by atoms with van der Waals surface area (Å²) in [6, 6.07) is 1.08. The number of carbonyl (C=O) groups is 1. The van der Waals surface area contributed by atoms with E-state index in [1.165, 1.54) is 0 Å². The van der Waals surface area contributed by atoms with Crippen molar-refractivity contribution in [2.45, 2.75) is 26.8 Å². The van der Waals surface area contributed by atoms with Crippen LogP contribution in [0.1, 0.15) is 26.3 Å². The molecule has 8 heteroatoms. The average Bonchev–Trinajstić information content (AvgIpc) is 2.54. The molecule has 1 atom stereocenters. The first-order valence-electron chi connectivity index (χ1n) is 7.62. The predicted molar refractivity (Wildman–Crippen MR) is 94.4 cm³/mol. The lowest BCUT2D eigenvalue weighted by Crippen LogP contribution is -2.19. The number of benzene rings is 1. The first-order chi connectivity index (χ1) is 11.7. The highest BCUT2D eigenvalue weighted by Crippen LogP contribution is 2.26. The molecule has 1 aromatic rings. The van der Waals surface area contributed by atoms with E-state index in [9.17, 15) is 23.8 Å². The van der Waals surface area contributed by atoms with E-state index < -0.39 is 35.0 Å². The lowest BCUT2D eigenvalue weighted by Gasteiger charge is -2.13. The number of rotatable bonds is 7. The Bertz CT molecular complexity index is 689. The van der Waals surface area contributed by atoms with Gasteiger partial charge >= 0.3 is 5.97 Å². The van der Waals surface area contributed by atoms with Gasteiger partial charge in [0.25, 0.3) is 0 Å². The third-order valence-corrected chi connectivity index (χ3v) is 3.97. The fourth-order valence-corrected chi connectivity index (χ4v) is 2.21. The van der Waals surface area contributed by atoms with Crippen LogP contribution in [0.15, 0.2) is 27.2 Å². The number of halogens is 3. The Morgan fingerprint density at radius 3 is 2.52 bits per heavy atom. The lowest BCUT2D eigenvalue weighted by molar-refractivity contribution is -0.137. The van der Waals surface area contributed by atoms with Gasteiger partial charge < -0.3 is 14.9 Å². The smallest absolute Gasteiger partial charge is 0.343 e. The maximum atomic E-state index is 14.0. The number of esters is 1. The molecule has 138 valence electrons. The van der Waals surface area contributed by atoms with Crippen LogP contribution >= 0.6 is 15.9 Å². The maximum Gasteiger partial charge on any atom is 0.343 e. The van der Waals surface area contributed by atoms with Crippen molar-refractivity contribution in [3.63, 3.8) is 0 Å². The summed E-state index contributed by atoms with van der Waals surface area (Å²) < 4.78 is 32.1. The number of hydrogen-bond donors (Lipinski definition) is 2. The molecule has 2 N–H and O–H groups in total. The van der Waals surface area contributed by atoms with E-state index in [1.54, 1.807) is 6.92 Å². The molecule has 0 aliphatic rings. The van der Waals surface area contributed by atoms with Crippen LogP contribution in [-0.2, 0) is 9.53 Å². The molecule has 0 spiro atoms. The minimum atomic E-state index is -1.05. The van der Waals surface area contributed by atoms with Crippen molar-refractivity contribution in [2.24, 2.45) is 10.9 Å². The summed E-state index contributed by atoms with van der Waals surface area (Å²) in [5.74, 6) is -3.56. The maximum absolute atomic E-state index is 14.0. The first-order valence-corrected chi connectivity index (χ1v) is 8.41. The Balaban J connectivity index is 3.44. The standard InChI is InChI=1S/C17H20BrF2NO4/c1-4-25-17(24)11(7-21-15(8-22)9(2)3)16(23)10-5-12(18)14(20)6-13(10)19/h5-7,9,15,22-23H,4,8H2,1-3H3. The van der Waals surface area contributed by atoms with Gasteiger partial charge in [-0.2, -0.15) is 0 Å². The average molecular weight is 420 g/mol. The fraction of sp³-hybridized carbons (Fsp3) is 0.412. The largest absolute Gasteiger partial charge is 0.506 e. The Labute approximate surface area is 153 Å².